The number of oxazole rings is 1. The van der Waals surface area contributed by atoms with Gasteiger partial charge in [-0.15, -0.1) is 0 Å². The second kappa shape index (κ2) is 11.5. The number of aromatic nitrogens is 1. The molecule has 2 aromatic carbocycles. The van der Waals surface area contributed by atoms with Crippen LogP contribution in [0.3, 0.4) is 0 Å². The van der Waals surface area contributed by atoms with Crippen LogP contribution in [-0.2, 0) is 22.2 Å². The van der Waals surface area contributed by atoms with E-state index in [-0.39, 0.29) is 17.3 Å². The summed E-state index contributed by atoms with van der Waals surface area (Å²) in [4.78, 5) is 31.1. The Bertz CT molecular complexity index is 1540. The molecule has 4 saturated carbocycles. The highest BCUT2D eigenvalue weighted by Gasteiger charge is 2.53. The van der Waals surface area contributed by atoms with Gasteiger partial charge in [-0.1, -0.05) is 56.4 Å². The van der Waals surface area contributed by atoms with E-state index in [1.807, 2.05) is 57.2 Å². The number of hydrogen-bond donors (Lipinski definition) is 3. The molecule has 2 bridgehead atoms. The molecule has 230 valence electrons. The Morgan fingerprint density at radius 1 is 0.977 bits per heavy atom. The molecule has 8 nitrogen and oxygen atoms in total. The van der Waals surface area contributed by atoms with Gasteiger partial charge in [0.1, 0.15) is 11.0 Å². The number of benzene rings is 2. The maximum absolute atomic E-state index is 13.7. The van der Waals surface area contributed by atoms with Crippen molar-refractivity contribution in [3.05, 3.63) is 48.0 Å². The molecular formula is C34H43N3O5S. The fourth-order valence-corrected chi connectivity index (χ4v) is 8.65. The minimum absolute atomic E-state index is 0.0574. The lowest BCUT2D eigenvalue weighted by atomic mass is 9.57. The molecule has 1 heterocycles. The minimum Gasteiger partial charge on any atom is -0.481 e. The van der Waals surface area contributed by atoms with Gasteiger partial charge < -0.3 is 14.8 Å². The molecule has 0 aliphatic heterocycles. The highest BCUT2D eigenvalue weighted by Crippen LogP contribution is 2.52. The van der Waals surface area contributed by atoms with E-state index in [1.165, 1.54) is 19.3 Å². The van der Waals surface area contributed by atoms with Crippen LogP contribution in [0.2, 0.25) is 0 Å². The highest BCUT2D eigenvalue weighted by molar-refractivity contribution is 7.83. The lowest BCUT2D eigenvalue weighted by Gasteiger charge is -2.51. The SMILES string of the molecule is CC(C)(C)NS(=O)c1ccc(-c2oc(C(=O)NC34CCC(C(=O)O)(CC3)CC4)nc2CC2CCCCC2)c2ccccc12. The number of carboxylic acids is 1. The van der Waals surface area contributed by atoms with Crippen LogP contribution < -0.4 is 10.0 Å². The van der Waals surface area contributed by atoms with Gasteiger partial charge in [0, 0.05) is 16.6 Å². The smallest absolute Gasteiger partial charge is 0.309 e. The Morgan fingerprint density at radius 3 is 2.26 bits per heavy atom. The van der Waals surface area contributed by atoms with Crippen molar-refractivity contribution in [2.75, 3.05) is 0 Å². The molecule has 3 aromatic rings. The van der Waals surface area contributed by atoms with Gasteiger partial charge in [0.2, 0.25) is 0 Å². The van der Waals surface area contributed by atoms with E-state index >= 15 is 0 Å². The number of rotatable bonds is 8. The van der Waals surface area contributed by atoms with Crippen LogP contribution in [0.5, 0.6) is 0 Å². The van der Waals surface area contributed by atoms with E-state index in [1.54, 1.807) is 0 Å². The summed E-state index contributed by atoms with van der Waals surface area (Å²) in [5.41, 5.74) is 0.249. The maximum Gasteiger partial charge on any atom is 0.309 e. The van der Waals surface area contributed by atoms with Crippen LogP contribution in [0.4, 0.5) is 0 Å². The van der Waals surface area contributed by atoms with Crippen LogP contribution in [0, 0.1) is 11.3 Å². The van der Waals surface area contributed by atoms with Crippen molar-refractivity contribution in [2.45, 2.75) is 114 Å². The van der Waals surface area contributed by atoms with E-state index in [0.717, 1.165) is 41.3 Å². The molecule has 4 aliphatic carbocycles. The van der Waals surface area contributed by atoms with E-state index in [4.69, 9.17) is 9.40 Å². The van der Waals surface area contributed by atoms with Gasteiger partial charge in [-0.25, -0.2) is 13.9 Å². The molecule has 0 radical (unpaired) electrons. The number of amides is 1. The third-order valence-electron chi connectivity index (χ3n) is 9.90. The molecule has 3 N–H and O–H groups in total. The first-order valence-corrected chi connectivity index (χ1v) is 16.9. The number of carboxylic acid groups (broad SMARTS) is 1. The summed E-state index contributed by atoms with van der Waals surface area (Å²) < 4.78 is 22.9. The summed E-state index contributed by atoms with van der Waals surface area (Å²) >= 11 is 0. The number of hydrogen-bond acceptors (Lipinski definition) is 5. The van der Waals surface area contributed by atoms with Gasteiger partial charge in [-0.3, -0.25) is 9.59 Å². The summed E-state index contributed by atoms with van der Waals surface area (Å²) in [6.07, 6.45) is 10.4. The third-order valence-corrected chi connectivity index (χ3v) is 11.5. The molecule has 0 spiro atoms. The zero-order valence-electron chi connectivity index (χ0n) is 25.5. The van der Waals surface area contributed by atoms with Crippen molar-refractivity contribution in [3.63, 3.8) is 0 Å². The van der Waals surface area contributed by atoms with Gasteiger partial charge in [0.15, 0.2) is 5.76 Å². The predicted molar refractivity (Wildman–Crippen MR) is 167 cm³/mol. The molecule has 1 amide bonds. The van der Waals surface area contributed by atoms with E-state index in [9.17, 15) is 18.9 Å². The molecule has 0 saturated heterocycles. The maximum atomic E-state index is 13.7. The van der Waals surface area contributed by atoms with Crippen LogP contribution in [0.25, 0.3) is 22.1 Å². The zero-order chi connectivity index (χ0) is 30.4. The van der Waals surface area contributed by atoms with Crippen molar-refractivity contribution in [2.24, 2.45) is 11.3 Å². The fourth-order valence-electron chi connectivity index (χ4n) is 7.41. The first-order valence-electron chi connectivity index (χ1n) is 15.7. The molecule has 43 heavy (non-hydrogen) atoms. The first kappa shape index (κ1) is 30.0. The number of carbonyl (C=O) groups excluding carboxylic acids is 1. The van der Waals surface area contributed by atoms with Crippen molar-refractivity contribution in [1.82, 2.24) is 15.0 Å². The Morgan fingerprint density at radius 2 is 1.63 bits per heavy atom. The Kier molecular flexibility index (Phi) is 8.00. The minimum atomic E-state index is -1.41. The molecule has 4 fully saturated rings. The standard InChI is InChI=1S/C34H43N3O5S/c1-32(2,3)37-43(41)27-14-13-25(23-11-7-8-12-24(23)27)28-26(21-22-9-5-4-6-10-22)35-30(42-28)29(38)36-34-18-15-33(16-19-34,17-20-34)31(39)40/h7-8,11-14,22,37H,4-6,9-10,15-21H2,1-3H3,(H,36,38)(H,39,40). The topological polar surface area (TPSA) is 122 Å². The van der Waals surface area contributed by atoms with Crippen molar-refractivity contribution < 1.29 is 23.3 Å². The molecule has 1 unspecified atom stereocenters. The number of carbonyl (C=O) groups is 2. The van der Waals surface area contributed by atoms with Crippen LogP contribution in [0.1, 0.15) is 108 Å². The van der Waals surface area contributed by atoms with Gasteiger partial charge >= 0.3 is 11.9 Å². The predicted octanol–water partition coefficient (Wildman–Crippen LogP) is 6.94. The second-order valence-corrected chi connectivity index (χ2v) is 15.3. The lowest BCUT2D eigenvalue weighted by Crippen LogP contribution is -2.58. The van der Waals surface area contributed by atoms with Gasteiger partial charge in [-0.2, -0.15) is 0 Å². The summed E-state index contributed by atoms with van der Waals surface area (Å²) in [5, 5.41) is 14.8. The van der Waals surface area contributed by atoms with Gasteiger partial charge in [-0.05, 0) is 94.5 Å². The summed E-state index contributed by atoms with van der Waals surface area (Å²) in [6.45, 7) is 5.97. The normalized spacial score (nSPS) is 25.1. The highest BCUT2D eigenvalue weighted by atomic mass is 32.2. The van der Waals surface area contributed by atoms with E-state index in [2.05, 4.69) is 10.0 Å². The van der Waals surface area contributed by atoms with Crippen LogP contribution in [-0.4, -0.2) is 37.3 Å². The van der Waals surface area contributed by atoms with Gasteiger partial charge in [0.05, 0.1) is 16.0 Å². The second-order valence-electron chi connectivity index (χ2n) is 14.1. The Labute approximate surface area is 256 Å². The fraction of sp³-hybridized carbons (Fsp3) is 0.559. The van der Waals surface area contributed by atoms with E-state index < -0.39 is 27.9 Å². The van der Waals surface area contributed by atoms with Crippen molar-refractivity contribution in [3.8, 4) is 11.3 Å². The molecular weight excluding hydrogens is 562 g/mol. The Hall–Kier alpha value is -3.04. The molecule has 1 atom stereocenters. The average Bonchev–Trinajstić information content (AvgIpc) is 3.40. The first-order chi connectivity index (χ1) is 20.5. The number of nitrogens with zero attached hydrogens (tertiary/aromatic N) is 1. The molecule has 9 heteroatoms. The zero-order valence-corrected chi connectivity index (χ0v) is 26.3. The monoisotopic (exact) mass is 605 g/mol. The third kappa shape index (κ3) is 6.03. The summed E-state index contributed by atoms with van der Waals surface area (Å²) in [6, 6.07) is 11.7. The molecule has 1 aromatic heterocycles. The van der Waals surface area contributed by atoms with Crippen LogP contribution in [0.15, 0.2) is 45.7 Å². The number of fused-ring (bicyclic) bond motifs is 4. The average molecular weight is 606 g/mol. The lowest BCUT2D eigenvalue weighted by molar-refractivity contribution is -0.156. The summed E-state index contributed by atoms with van der Waals surface area (Å²) in [7, 11) is -1.41. The van der Waals surface area contributed by atoms with Crippen molar-refractivity contribution in [1.29, 1.82) is 0 Å². The molecule has 7 rings (SSSR count). The summed E-state index contributed by atoms with van der Waals surface area (Å²) in [5.74, 6) is 0.0945. The van der Waals surface area contributed by atoms with E-state index in [0.29, 0.717) is 55.1 Å². The number of aliphatic carboxylic acids is 1. The van der Waals surface area contributed by atoms with Gasteiger partial charge in [0.25, 0.3) is 5.89 Å². The van der Waals surface area contributed by atoms with Crippen LogP contribution >= 0.6 is 0 Å². The largest absolute Gasteiger partial charge is 0.481 e. The Balaban J connectivity index is 1.35. The van der Waals surface area contributed by atoms with Crippen molar-refractivity contribution >= 4 is 33.6 Å². The quantitative estimate of drug-likeness (QED) is 0.256. The molecule has 4 aliphatic rings. The number of nitrogens with one attached hydrogen (secondary N) is 2.